The van der Waals surface area contributed by atoms with Gasteiger partial charge >= 0.3 is 6.09 Å². The van der Waals surface area contributed by atoms with Gasteiger partial charge in [0.2, 0.25) is 0 Å². The molecule has 1 heterocycles. The number of aromatic nitrogens is 2. The van der Waals surface area contributed by atoms with Gasteiger partial charge in [0.25, 0.3) is 5.91 Å². The van der Waals surface area contributed by atoms with Crippen molar-refractivity contribution in [3.63, 3.8) is 0 Å². The number of rotatable bonds is 5. The highest BCUT2D eigenvalue weighted by Crippen LogP contribution is 2.34. The van der Waals surface area contributed by atoms with Crippen LogP contribution in [0.2, 0.25) is 0 Å². The lowest BCUT2D eigenvalue weighted by Crippen LogP contribution is -2.43. The van der Waals surface area contributed by atoms with Crippen molar-refractivity contribution in [1.29, 1.82) is 0 Å². The van der Waals surface area contributed by atoms with Gasteiger partial charge in [-0.25, -0.2) is 4.79 Å². The molecule has 1 aromatic heterocycles. The third-order valence-electron chi connectivity index (χ3n) is 7.87. The zero-order valence-corrected chi connectivity index (χ0v) is 21.6. The van der Waals surface area contributed by atoms with Gasteiger partial charge in [0.15, 0.2) is 5.69 Å². The number of amides is 2. The fraction of sp³-hybridized carbons (Fsp3) is 0.815. The van der Waals surface area contributed by atoms with E-state index in [1.807, 2.05) is 20.8 Å². The highest BCUT2D eigenvalue weighted by Gasteiger charge is 2.34. The molecule has 3 aliphatic carbocycles. The highest BCUT2D eigenvalue weighted by atomic mass is 16.6. The number of fused-ring (bicyclic) bond motifs is 1. The van der Waals surface area contributed by atoms with E-state index in [9.17, 15) is 9.59 Å². The number of carbonyl (C=O) groups is 2. The standard InChI is InChI=1S/C27H44N4O3/c1-18(19-11-7-5-8-12-19)28-25(32)24-22-17-20(29-26(33)34-27(2,3)4)15-16-23(22)31(30-24)21-13-9-6-10-14-21/h18-21H,5-17H2,1-4H3,(H,28,32)(H,29,33)/t18-,20?/m1/s1. The number of carbonyl (C=O) groups excluding carboxylic acids is 2. The van der Waals surface area contributed by atoms with Crippen LogP contribution in [0.5, 0.6) is 0 Å². The molecule has 0 saturated heterocycles. The molecule has 34 heavy (non-hydrogen) atoms. The topological polar surface area (TPSA) is 85.3 Å². The van der Waals surface area contributed by atoms with Crippen LogP contribution in [0.4, 0.5) is 4.79 Å². The molecule has 1 aromatic rings. The van der Waals surface area contributed by atoms with E-state index in [1.54, 1.807) is 0 Å². The average Bonchev–Trinajstić information content (AvgIpc) is 3.18. The van der Waals surface area contributed by atoms with Gasteiger partial charge in [0.05, 0.1) is 6.04 Å². The van der Waals surface area contributed by atoms with Gasteiger partial charge in [0.1, 0.15) is 5.60 Å². The van der Waals surface area contributed by atoms with Gasteiger partial charge in [-0.2, -0.15) is 5.10 Å². The largest absolute Gasteiger partial charge is 0.444 e. The first-order valence-electron chi connectivity index (χ1n) is 13.6. The molecule has 2 atom stereocenters. The Kier molecular flexibility index (Phi) is 7.88. The maximum atomic E-state index is 13.5. The summed E-state index contributed by atoms with van der Waals surface area (Å²) in [5.41, 5.74) is 2.26. The molecule has 2 N–H and O–H groups in total. The minimum atomic E-state index is -0.532. The van der Waals surface area contributed by atoms with Crippen LogP contribution in [0, 0.1) is 5.92 Å². The molecule has 7 nitrogen and oxygen atoms in total. The molecule has 3 aliphatic rings. The Balaban J connectivity index is 1.53. The van der Waals surface area contributed by atoms with E-state index in [0.29, 0.717) is 24.1 Å². The minimum absolute atomic E-state index is 0.0475. The minimum Gasteiger partial charge on any atom is -0.444 e. The lowest BCUT2D eigenvalue weighted by Gasteiger charge is -2.29. The third-order valence-corrected chi connectivity index (χ3v) is 7.87. The van der Waals surface area contributed by atoms with Crippen molar-refractivity contribution in [2.24, 2.45) is 5.92 Å². The fourth-order valence-electron chi connectivity index (χ4n) is 6.08. The second kappa shape index (κ2) is 10.7. The molecular formula is C27H44N4O3. The Labute approximate surface area is 204 Å². The number of ether oxygens (including phenoxy) is 1. The zero-order valence-electron chi connectivity index (χ0n) is 21.6. The quantitative estimate of drug-likeness (QED) is 0.595. The first-order chi connectivity index (χ1) is 16.2. The average molecular weight is 473 g/mol. The molecule has 0 aromatic carbocycles. The summed E-state index contributed by atoms with van der Waals surface area (Å²) in [5, 5.41) is 11.3. The Morgan fingerprint density at radius 2 is 1.65 bits per heavy atom. The summed E-state index contributed by atoms with van der Waals surface area (Å²) in [6.07, 6.45) is 14.1. The van der Waals surface area contributed by atoms with Crippen molar-refractivity contribution >= 4 is 12.0 Å². The van der Waals surface area contributed by atoms with E-state index >= 15 is 0 Å². The summed E-state index contributed by atoms with van der Waals surface area (Å²) in [4.78, 5) is 25.9. The van der Waals surface area contributed by atoms with Crippen molar-refractivity contribution in [3.8, 4) is 0 Å². The molecular weight excluding hydrogens is 428 g/mol. The Hall–Kier alpha value is -2.05. The van der Waals surface area contributed by atoms with Crippen LogP contribution in [0.3, 0.4) is 0 Å². The van der Waals surface area contributed by atoms with Gasteiger partial charge in [-0.3, -0.25) is 9.48 Å². The lowest BCUT2D eigenvalue weighted by atomic mass is 9.84. The Morgan fingerprint density at radius 3 is 2.29 bits per heavy atom. The first-order valence-corrected chi connectivity index (χ1v) is 13.6. The van der Waals surface area contributed by atoms with E-state index in [-0.39, 0.29) is 18.0 Å². The van der Waals surface area contributed by atoms with Crippen molar-refractivity contribution in [2.75, 3.05) is 0 Å². The number of hydrogen-bond donors (Lipinski definition) is 2. The van der Waals surface area contributed by atoms with Crippen LogP contribution >= 0.6 is 0 Å². The van der Waals surface area contributed by atoms with Crippen molar-refractivity contribution < 1.29 is 14.3 Å². The zero-order chi connectivity index (χ0) is 24.3. The molecule has 0 spiro atoms. The summed E-state index contributed by atoms with van der Waals surface area (Å²) >= 11 is 0. The van der Waals surface area contributed by atoms with Gasteiger partial charge < -0.3 is 15.4 Å². The van der Waals surface area contributed by atoms with Gasteiger partial charge in [-0.05, 0) is 78.6 Å². The summed E-state index contributed by atoms with van der Waals surface area (Å²) < 4.78 is 7.66. The van der Waals surface area contributed by atoms with Crippen molar-refractivity contribution in [2.45, 2.75) is 135 Å². The van der Waals surface area contributed by atoms with E-state index in [4.69, 9.17) is 9.84 Å². The predicted octanol–water partition coefficient (Wildman–Crippen LogP) is 5.47. The molecule has 4 rings (SSSR count). The SMILES string of the molecule is C[C@@H](NC(=O)c1nn(C2CCCCC2)c2c1CC(NC(=O)OC(C)(C)C)CC2)C1CCCCC1. The number of hydrogen-bond acceptors (Lipinski definition) is 4. The summed E-state index contributed by atoms with van der Waals surface area (Å²) in [6, 6.07) is 0.492. The third kappa shape index (κ3) is 6.14. The highest BCUT2D eigenvalue weighted by molar-refractivity contribution is 5.94. The summed E-state index contributed by atoms with van der Waals surface area (Å²) in [6.45, 7) is 7.76. The molecule has 0 radical (unpaired) electrons. The van der Waals surface area contributed by atoms with Crippen LogP contribution in [-0.2, 0) is 17.6 Å². The van der Waals surface area contributed by atoms with Crippen LogP contribution < -0.4 is 10.6 Å². The van der Waals surface area contributed by atoms with Crippen LogP contribution in [-0.4, -0.2) is 39.5 Å². The molecule has 2 fully saturated rings. The monoisotopic (exact) mass is 472 g/mol. The second-order valence-corrected chi connectivity index (χ2v) is 11.8. The number of alkyl carbamates (subject to hydrolysis) is 1. The Bertz CT molecular complexity index is 860. The maximum Gasteiger partial charge on any atom is 0.407 e. The second-order valence-electron chi connectivity index (χ2n) is 11.8. The van der Waals surface area contributed by atoms with Crippen LogP contribution in [0.1, 0.15) is 126 Å². The van der Waals surface area contributed by atoms with Gasteiger partial charge in [-0.1, -0.05) is 38.5 Å². The van der Waals surface area contributed by atoms with Crippen molar-refractivity contribution in [1.82, 2.24) is 20.4 Å². The maximum absolute atomic E-state index is 13.5. The lowest BCUT2D eigenvalue weighted by molar-refractivity contribution is 0.0500. The number of nitrogens with zero attached hydrogens (tertiary/aromatic N) is 2. The van der Waals surface area contributed by atoms with E-state index in [2.05, 4.69) is 22.2 Å². The summed E-state index contributed by atoms with van der Waals surface area (Å²) in [7, 11) is 0. The van der Waals surface area contributed by atoms with E-state index in [1.165, 1.54) is 57.1 Å². The molecule has 2 saturated carbocycles. The van der Waals surface area contributed by atoms with Crippen LogP contribution in [0.15, 0.2) is 0 Å². The molecule has 7 heteroatoms. The molecule has 0 bridgehead atoms. The summed E-state index contributed by atoms with van der Waals surface area (Å²) in [5.74, 6) is 0.498. The van der Waals surface area contributed by atoms with Gasteiger partial charge in [-0.15, -0.1) is 0 Å². The first kappa shape index (κ1) is 25.1. The van der Waals surface area contributed by atoms with E-state index < -0.39 is 11.7 Å². The molecule has 0 aliphatic heterocycles. The fourth-order valence-corrected chi connectivity index (χ4v) is 6.08. The van der Waals surface area contributed by atoms with E-state index in [0.717, 1.165) is 31.2 Å². The number of nitrogens with one attached hydrogen (secondary N) is 2. The van der Waals surface area contributed by atoms with Crippen LogP contribution in [0.25, 0.3) is 0 Å². The molecule has 1 unspecified atom stereocenters. The molecule has 190 valence electrons. The van der Waals surface area contributed by atoms with Crippen molar-refractivity contribution in [3.05, 3.63) is 17.0 Å². The molecule has 2 amide bonds. The van der Waals surface area contributed by atoms with Gasteiger partial charge in [0, 0.05) is 23.3 Å². The predicted molar refractivity (Wildman–Crippen MR) is 133 cm³/mol. The Morgan fingerprint density at radius 1 is 1.00 bits per heavy atom. The smallest absolute Gasteiger partial charge is 0.407 e. The normalized spacial score (nSPS) is 23.1.